The molecule has 0 unspecified atom stereocenters. The molecule has 0 aliphatic carbocycles. The van der Waals surface area contributed by atoms with Gasteiger partial charge < -0.3 is 9.84 Å². The Kier molecular flexibility index (Phi) is 5.15. The number of carboxylic acids is 1. The van der Waals surface area contributed by atoms with Crippen LogP contribution < -0.4 is 0 Å². The van der Waals surface area contributed by atoms with Crippen LogP contribution in [0.5, 0.6) is 0 Å². The van der Waals surface area contributed by atoms with Gasteiger partial charge in [0, 0.05) is 19.6 Å². The van der Waals surface area contributed by atoms with E-state index < -0.39 is 5.97 Å². The molecule has 0 spiro atoms. The van der Waals surface area contributed by atoms with Gasteiger partial charge in [0.1, 0.15) is 6.61 Å². The van der Waals surface area contributed by atoms with Crippen LogP contribution in [0.25, 0.3) is 0 Å². The minimum atomic E-state index is -0.887. The molecule has 1 saturated heterocycles. The van der Waals surface area contributed by atoms with E-state index >= 15 is 0 Å². The Balaban J connectivity index is 1.79. The molecule has 4 heteroatoms. The third-order valence-electron chi connectivity index (χ3n) is 3.95. The number of rotatable bonds is 5. The monoisotopic (exact) mass is 277 g/mol. The highest BCUT2D eigenvalue weighted by Crippen LogP contribution is 2.17. The van der Waals surface area contributed by atoms with Crippen molar-refractivity contribution in [1.82, 2.24) is 4.90 Å². The number of piperidine rings is 1. The molecule has 1 aliphatic heterocycles. The van der Waals surface area contributed by atoms with Crippen molar-refractivity contribution in [3.63, 3.8) is 0 Å². The Morgan fingerprint density at radius 3 is 2.60 bits per heavy atom. The highest BCUT2D eigenvalue weighted by molar-refractivity contribution is 5.68. The number of aliphatic carboxylic acids is 1. The first-order valence-corrected chi connectivity index (χ1v) is 7.16. The predicted molar refractivity (Wildman–Crippen MR) is 77.8 cm³/mol. The van der Waals surface area contributed by atoms with Crippen LogP contribution >= 0.6 is 0 Å². The zero-order valence-electron chi connectivity index (χ0n) is 12.3. The Hall–Kier alpha value is -1.39. The number of hydrogen-bond acceptors (Lipinski definition) is 3. The fourth-order valence-corrected chi connectivity index (χ4v) is 2.58. The quantitative estimate of drug-likeness (QED) is 0.897. The average molecular weight is 277 g/mol. The number of aryl methyl sites for hydroxylation is 2. The Morgan fingerprint density at radius 2 is 2.00 bits per heavy atom. The minimum Gasteiger partial charge on any atom is -0.480 e. The summed E-state index contributed by atoms with van der Waals surface area (Å²) < 4.78 is 5.35. The summed E-state index contributed by atoms with van der Waals surface area (Å²) >= 11 is 0. The molecule has 0 saturated carbocycles. The molecule has 2 rings (SSSR count). The second-order valence-corrected chi connectivity index (χ2v) is 5.60. The number of carbonyl (C=O) groups is 1. The number of ether oxygens (including phenoxy) is 1. The van der Waals surface area contributed by atoms with E-state index in [-0.39, 0.29) is 12.7 Å². The molecule has 1 aromatic carbocycles. The first-order valence-electron chi connectivity index (χ1n) is 7.16. The van der Waals surface area contributed by atoms with Gasteiger partial charge in [-0.15, -0.1) is 0 Å². The third-order valence-corrected chi connectivity index (χ3v) is 3.95. The van der Waals surface area contributed by atoms with Crippen molar-refractivity contribution in [3.8, 4) is 0 Å². The molecule has 0 radical (unpaired) electrons. The number of carboxylic acid groups (broad SMARTS) is 1. The van der Waals surface area contributed by atoms with Crippen molar-refractivity contribution in [3.05, 3.63) is 34.9 Å². The summed E-state index contributed by atoms with van der Waals surface area (Å²) in [5.74, 6) is -0.887. The molecule has 0 bridgehead atoms. The maximum atomic E-state index is 10.5. The number of hydrogen-bond donors (Lipinski definition) is 1. The first-order chi connectivity index (χ1) is 9.54. The lowest BCUT2D eigenvalue weighted by atomic mass is 10.0. The summed E-state index contributed by atoms with van der Waals surface area (Å²) in [4.78, 5) is 12.9. The Morgan fingerprint density at radius 1 is 1.30 bits per heavy atom. The zero-order valence-corrected chi connectivity index (χ0v) is 12.3. The Labute approximate surface area is 120 Å². The van der Waals surface area contributed by atoms with Gasteiger partial charge in [0.25, 0.3) is 0 Å². The van der Waals surface area contributed by atoms with Crippen molar-refractivity contribution < 1.29 is 14.6 Å². The van der Waals surface area contributed by atoms with Gasteiger partial charge >= 0.3 is 5.97 Å². The molecule has 1 heterocycles. The number of benzene rings is 1. The maximum Gasteiger partial charge on any atom is 0.329 e. The number of nitrogens with zero attached hydrogens (tertiary/aromatic N) is 1. The molecule has 0 atom stereocenters. The summed E-state index contributed by atoms with van der Waals surface area (Å²) in [5, 5.41) is 8.60. The summed E-state index contributed by atoms with van der Waals surface area (Å²) in [6.07, 6.45) is 1.93. The van der Waals surface area contributed by atoms with Gasteiger partial charge in [-0.1, -0.05) is 18.2 Å². The van der Waals surface area contributed by atoms with Gasteiger partial charge in [0.2, 0.25) is 0 Å². The lowest BCUT2D eigenvalue weighted by Crippen LogP contribution is -2.37. The van der Waals surface area contributed by atoms with E-state index in [4.69, 9.17) is 9.84 Å². The van der Waals surface area contributed by atoms with Crippen LogP contribution in [0, 0.1) is 13.8 Å². The van der Waals surface area contributed by atoms with Crippen LogP contribution in [-0.4, -0.2) is 41.8 Å². The van der Waals surface area contributed by atoms with Crippen molar-refractivity contribution in [1.29, 1.82) is 0 Å². The van der Waals surface area contributed by atoms with E-state index in [9.17, 15) is 4.79 Å². The number of likely N-dealkylation sites (tertiary alicyclic amines) is 1. The molecule has 0 aromatic heterocycles. The minimum absolute atomic E-state index is 0.0992. The molecule has 1 aliphatic rings. The molecular formula is C16H23NO3. The van der Waals surface area contributed by atoms with Crippen LogP contribution in [0.15, 0.2) is 18.2 Å². The highest BCUT2D eigenvalue weighted by Gasteiger charge is 2.20. The second-order valence-electron chi connectivity index (χ2n) is 5.60. The molecule has 20 heavy (non-hydrogen) atoms. The SMILES string of the molecule is Cc1ccc(CN2CCC(OCC(=O)O)CC2)cc1C. The molecule has 1 aromatic rings. The fraction of sp³-hybridized carbons (Fsp3) is 0.562. The lowest BCUT2D eigenvalue weighted by Gasteiger charge is -2.31. The van der Waals surface area contributed by atoms with Crippen LogP contribution in [0.2, 0.25) is 0 Å². The topological polar surface area (TPSA) is 49.8 Å². The van der Waals surface area contributed by atoms with Gasteiger partial charge in [-0.2, -0.15) is 0 Å². The lowest BCUT2D eigenvalue weighted by molar-refractivity contribution is -0.145. The van der Waals surface area contributed by atoms with Crippen LogP contribution in [0.1, 0.15) is 29.5 Å². The Bertz CT molecular complexity index is 465. The molecule has 1 N–H and O–H groups in total. The maximum absolute atomic E-state index is 10.5. The molecule has 0 amide bonds. The first kappa shape index (κ1) is 15.0. The van der Waals surface area contributed by atoms with Crippen LogP contribution in [0.3, 0.4) is 0 Å². The van der Waals surface area contributed by atoms with E-state index in [2.05, 4.69) is 36.9 Å². The van der Waals surface area contributed by atoms with Crippen molar-refractivity contribution in [2.24, 2.45) is 0 Å². The predicted octanol–water partition coefficient (Wildman–Crippen LogP) is 2.37. The van der Waals surface area contributed by atoms with Gasteiger partial charge in [-0.25, -0.2) is 4.79 Å². The smallest absolute Gasteiger partial charge is 0.329 e. The van der Waals surface area contributed by atoms with Gasteiger partial charge in [-0.05, 0) is 43.4 Å². The van der Waals surface area contributed by atoms with Gasteiger partial charge in [-0.3, -0.25) is 4.90 Å². The third kappa shape index (κ3) is 4.32. The molecule has 110 valence electrons. The van der Waals surface area contributed by atoms with Crippen molar-refractivity contribution in [2.45, 2.75) is 39.3 Å². The molecule has 1 fully saturated rings. The van der Waals surface area contributed by atoms with Gasteiger partial charge in [0.05, 0.1) is 6.10 Å². The van der Waals surface area contributed by atoms with E-state index in [1.165, 1.54) is 16.7 Å². The van der Waals surface area contributed by atoms with E-state index in [1.807, 2.05) is 0 Å². The molecular weight excluding hydrogens is 254 g/mol. The zero-order chi connectivity index (χ0) is 14.5. The van der Waals surface area contributed by atoms with E-state index in [1.54, 1.807) is 0 Å². The summed E-state index contributed by atoms with van der Waals surface area (Å²) in [6.45, 7) is 7.00. The summed E-state index contributed by atoms with van der Waals surface area (Å²) in [6, 6.07) is 6.62. The van der Waals surface area contributed by atoms with E-state index in [0.717, 1.165) is 32.5 Å². The second kappa shape index (κ2) is 6.86. The standard InChI is InChI=1S/C16H23NO3/c1-12-3-4-14(9-13(12)2)10-17-7-5-15(6-8-17)20-11-16(18)19/h3-4,9,15H,5-8,10-11H2,1-2H3,(H,18,19). The normalized spacial score (nSPS) is 17.3. The van der Waals surface area contributed by atoms with Crippen LogP contribution in [0.4, 0.5) is 0 Å². The fourth-order valence-electron chi connectivity index (χ4n) is 2.58. The van der Waals surface area contributed by atoms with Crippen LogP contribution in [-0.2, 0) is 16.1 Å². The molecule has 4 nitrogen and oxygen atoms in total. The average Bonchev–Trinajstić information content (AvgIpc) is 2.42. The highest BCUT2D eigenvalue weighted by atomic mass is 16.5. The summed E-state index contributed by atoms with van der Waals surface area (Å²) in [7, 11) is 0. The van der Waals surface area contributed by atoms with Crippen molar-refractivity contribution >= 4 is 5.97 Å². The largest absolute Gasteiger partial charge is 0.480 e. The summed E-state index contributed by atoms with van der Waals surface area (Å²) in [5.41, 5.74) is 4.01. The van der Waals surface area contributed by atoms with E-state index in [0.29, 0.717) is 0 Å². The van der Waals surface area contributed by atoms with Gasteiger partial charge in [0.15, 0.2) is 0 Å². The van der Waals surface area contributed by atoms with Crippen molar-refractivity contribution in [2.75, 3.05) is 19.7 Å².